The topological polar surface area (TPSA) is 79.9 Å². The number of nitrogens with zero attached hydrogens (tertiary/aromatic N) is 1. The largest absolute Gasteiger partial charge is 0.497 e. The van der Waals surface area contributed by atoms with Crippen LogP contribution in [0.25, 0.3) is 0 Å². The fraction of sp³-hybridized carbons (Fsp3) is 0.355. The standard InChI is InChI=1S/C31H37N3O4/c1-3-34(33-25-17-19-26(37-2)20-18-25)31(36)29(21-23-11-6-4-7-12-23)32-30(35)24-13-10-16-28(22-24)38-27-14-8-5-9-15-27/h5,8-10,13-20,22-23,29,33H,3-4,6-7,11-12,21H2,1-2H3,(H,32,35). The Hall–Kier alpha value is -4.00. The number of ether oxygens (including phenoxy) is 2. The summed E-state index contributed by atoms with van der Waals surface area (Å²) in [6.07, 6.45) is 6.34. The maximum Gasteiger partial charge on any atom is 0.263 e. The van der Waals surface area contributed by atoms with Gasteiger partial charge < -0.3 is 14.8 Å². The van der Waals surface area contributed by atoms with Crippen LogP contribution >= 0.6 is 0 Å². The molecule has 7 heteroatoms. The molecule has 0 spiro atoms. The number of hydrogen-bond acceptors (Lipinski definition) is 5. The van der Waals surface area contributed by atoms with Crippen LogP contribution in [0.15, 0.2) is 78.9 Å². The minimum absolute atomic E-state index is 0.154. The van der Waals surface area contributed by atoms with Crippen LogP contribution in [0.1, 0.15) is 55.8 Å². The molecule has 200 valence electrons. The van der Waals surface area contributed by atoms with Gasteiger partial charge in [-0.2, -0.15) is 0 Å². The van der Waals surface area contributed by atoms with Gasteiger partial charge in [-0.15, -0.1) is 0 Å². The molecule has 38 heavy (non-hydrogen) atoms. The van der Waals surface area contributed by atoms with Crippen molar-refractivity contribution in [2.24, 2.45) is 5.92 Å². The molecule has 2 N–H and O–H groups in total. The van der Waals surface area contributed by atoms with Crippen molar-refractivity contribution in [1.82, 2.24) is 10.3 Å². The molecule has 3 aromatic carbocycles. The summed E-state index contributed by atoms with van der Waals surface area (Å²) in [7, 11) is 1.62. The van der Waals surface area contributed by atoms with Crippen LogP contribution in [0.3, 0.4) is 0 Å². The molecule has 0 radical (unpaired) electrons. The lowest BCUT2D eigenvalue weighted by atomic mass is 9.84. The number of rotatable bonds is 11. The number of carbonyl (C=O) groups is 2. The molecule has 0 heterocycles. The molecule has 2 amide bonds. The summed E-state index contributed by atoms with van der Waals surface area (Å²) in [6, 6.07) is 23.2. The van der Waals surface area contributed by atoms with Crippen LogP contribution in [0.5, 0.6) is 17.2 Å². The van der Waals surface area contributed by atoms with E-state index in [4.69, 9.17) is 9.47 Å². The molecular formula is C31H37N3O4. The Bertz CT molecular complexity index is 1180. The van der Waals surface area contributed by atoms with Gasteiger partial charge >= 0.3 is 0 Å². The van der Waals surface area contributed by atoms with E-state index in [1.165, 1.54) is 19.3 Å². The molecule has 1 aliphatic carbocycles. The SMILES string of the molecule is CCN(Nc1ccc(OC)cc1)C(=O)C(CC1CCCCC1)NC(=O)c1cccc(Oc2ccccc2)c1. The summed E-state index contributed by atoms with van der Waals surface area (Å²) in [5, 5.41) is 4.62. The van der Waals surface area contributed by atoms with E-state index >= 15 is 0 Å². The first-order chi connectivity index (χ1) is 18.6. The molecule has 4 rings (SSSR count). The molecule has 3 aromatic rings. The number of carbonyl (C=O) groups excluding carboxylic acids is 2. The number of hydrazine groups is 1. The van der Waals surface area contributed by atoms with Gasteiger partial charge in [-0.3, -0.25) is 20.0 Å². The number of anilines is 1. The van der Waals surface area contributed by atoms with Gasteiger partial charge in [-0.05, 0) is 73.9 Å². The molecule has 7 nitrogen and oxygen atoms in total. The number of amides is 2. The quantitative estimate of drug-likeness (QED) is 0.288. The number of para-hydroxylation sites is 1. The van der Waals surface area contributed by atoms with Gasteiger partial charge in [0, 0.05) is 12.1 Å². The van der Waals surface area contributed by atoms with Crippen LogP contribution in [0, 0.1) is 5.92 Å². The second-order valence-electron chi connectivity index (χ2n) is 9.63. The number of likely N-dealkylation sites (N-methyl/N-ethyl adjacent to an activating group) is 1. The zero-order valence-electron chi connectivity index (χ0n) is 22.2. The fourth-order valence-electron chi connectivity index (χ4n) is 4.84. The fourth-order valence-corrected chi connectivity index (χ4v) is 4.84. The molecule has 1 aliphatic rings. The Balaban J connectivity index is 1.49. The van der Waals surface area contributed by atoms with Crippen molar-refractivity contribution in [3.8, 4) is 17.2 Å². The Labute approximate surface area is 225 Å². The van der Waals surface area contributed by atoms with Crippen molar-refractivity contribution in [2.75, 3.05) is 19.1 Å². The molecular weight excluding hydrogens is 478 g/mol. The van der Waals surface area contributed by atoms with Gasteiger partial charge in [0.1, 0.15) is 23.3 Å². The van der Waals surface area contributed by atoms with Crippen molar-refractivity contribution >= 4 is 17.5 Å². The van der Waals surface area contributed by atoms with E-state index in [9.17, 15) is 9.59 Å². The van der Waals surface area contributed by atoms with E-state index in [-0.39, 0.29) is 11.8 Å². The summed E-state index contributed by atoms with van der Waals surface area (Å²) in [5.74, 6) is 1.96. The molecule has 0 saturated heterocycles. The number of nitrogens with one attached hydrogen (secondary N) is 2. The van der Waals surface area contributed by atoms with Gasteiger partial charge in [-0.25, -0.2) is 0 Å². The lowest BCUT2D eigenvalue weighted by Crippen LogP contribution is -2.51. The molecule has 1 unspecified atom stereocenters. The Morgan fingerprint density at radius 1 is 0.895 bits per heavy atom. The first-order valence-corrected chi connectivity index (χ1v) is 13.4. The smallest absolute Gasteiger partial charge is 0.263 e. The zero-order valence-corrected chi connectivity index (χ0v) is 22.2. The predicted molar refractivity (Wildman–Crippen MR) is 149 cm³/mol. The average Bonchev–Trinajstić information content (AvgIpc) is 2.96. The van der Waals surface area contributed by atoms with Gasteiger partial charge in [-0.1, -0.05) is 56.4 Å². The highest BCUT2D eigenvalue weighted by molar-refractivity contribution is 5.98. The van der Waals surface area contributed by atoms with Crippen molar-refractivity contribution in [3.05, 3.63) is 84.4 Å². The van der Waals surface area contributed by atoms with Crippen LogP contribution in [-0.2, 0) is 4.79 Å². The Morgan fingerprint density at radius 3 is 2.29 bits per heavy atom. The third-order valence-corrected chi connectivity index (χ3v) is 6.91. The summed E-state index contributed by atoms with van der Waals surface area (Å²) in [6.45, 7) is 2.36. The third kappa shape index (κ3) is 7.51. The lowest BCUT2D eigenvalue weighted by molar-refractivity contribution is -0.132. The highest BCUT2D eigenvalue weighted by Gasteiger charge is 2.29. The third-order valence-electron chi connectivity index (χ3n) is 6.91. The second kappa shape index (κ2) is 13.5. The maximum atomic E-state index is 13.7. The van der Waals surface area contributed by atoms with Crippen LogP contribution in [0.4, 0.5) is 5.69 Å². The molecule has 0 aromatic heterocycles. The maximum absolute atomic E-state index is 13.7. The van der Waals surface area contributed by atoms with E-state index in [2.05, 4.69) is 10.7 Å². The minimum Gasteiger partial charge on any atom is -0.497 e. The van der Waals surface area contributed by atoms with Crippen molar-refractivity contribution in [1.29, 1.82) is 0 Å². The first kappa shape index (κ1) is 27.0. The highest BCUT2D eigenvalue weighted by Crippen LogP contribution is 2.28. The molecule has 0 bridgehead atoms. The van der Waals surface area contributed by atoms with Crippen LogP contribution in [-0.4, -0.2) is 36.5 Å². The Morgan fingerprint density at radius 2 is 1.61 bits per heavy atom. The summed E-state index contributed by atoms with van der Waals surface area (Å²) < 4.78 is 11.1. The van der Waals surface area contributed by atoms with Crippen LogP contribution in [0.2, 0.25) is 0 Å². The Kier molecular flexibility index (Phi) is 9.62. The number of methoxy groups -OCH3 is 1. The van der Waals surface area contributed by atoms with E-state index < -0.39 is 6.04 Å². The number of benzene rings is 3. The minimum atomic E-state index is -0.644. The van der Waals surface area contributed by atoms with E-state index in [1.807, 2.05) is 67.6 Å². The molecule has 1 fully saturated rings. The predicted octanol–water partition coefficient (Wildman–Crippen LogP) is 6.43. The van der Waals surface area contributed by atoms with Gasteiger partial charge in [0.05, 0.1) is 12.8 Å². The van der Waals surface area contributed by atoms with Crippen LogP contribution < -0.4 is 20.2 Å². The average molecular weight is 516 g/mol. The van der Waals surface area contributed by atoms with E-state index in [0.29, 0.717) is 35.9 Å². The van der Waals surface area contributed by atoms with Crippen molar-refractivity contribution < 1.29 is 19.1 Å². The zero-order chi connectivity index (χ0) is 26.7. The lowest BCUT2D eigenvalue weighted by Gasteiger charge is -2.31. The highest BCUT2D eigenvalue weighted by atomic mass is 16.5. The summed E-state index contributed by atoms with van der Waals surface area (Å²) in [5.41, 5.74) is 4.43. The number of hydrogen-bond donors (Lipinski definition) is 2. The second-order valence-corrected chi connectivity index (χ2v) is 9.63. The van der Waals surface area contributed by atoms with Gasteiger partial charge in [0.15, 0.2) is 0 Å². The van der Waals surface area contributed by atoms with Gasteiger partial charge in [0.25, 0.3) is 11.8 Å². The molecule has 1 atom stereocenters. The van der Waals surface area contributed by atoms with Crippen molar-refractivity contribution in [3.63, 3.8) is 0 Å². The monoisotopic (exact) mass is 515 g/mol. The van der Waals surface area contributed by atoms with E-state index in [0.717, 1.165) is 24.3 Å². The molecule has 1 saturated carbocycles. The van der Waals surface area contributed by atoms with Gasteiger partial charge in [0.2, 0.25) is 0 Å². The molecule has 0 aliphatic heterocycles. The summed E-state index contributed by atoms with van der Waals surface area (Å²) in [4.78, 5) is 27.1. The first-order valence-electron chi connectivity index (χ1n) is 13.4. The van der Waals surface area contributed by atoms with Crippen molar-refractivity contribution in [2.45, 2.75) is 51.5 Å². The normalized spacial score (nSPS) is 14.3. The summed E-state index contributed by atoms with van der Waals surface area (Å²) >= 11 is 0. The van der Waals surface area contributed by atoms with E-state index in [1.54, 1.807) is 30.3 Å².